The van der Waals surface area contributed by atoms with Crippen molar-refractivity contribution in [3.05, 3.63) is 35.5 Å². The molecule has 7 nitrogen and oxygen atoms in total. The third-order valence-corrected chi connectivity index (χ3v) is 5.35. The van der Waals surface area contributed by atoms with Gasteiger partial charge in [-0.15, -0.1) is 0 Å². The number of fused-ring (bicyclic) bond motifs is 1. The van der Waals surface area contributed by atoms with E-state index in [0.717, 1.165) is 41.7 Å². The minimum atomic E-state index is 0.489. The topological polar surface area (TPSA) is 71.5 Å². The number of thiocarbonyl (C=S) groups is 1. The number of nitrogens with one attached hydrogen (secondary N) is 2. The van der Waals surface area contributed by atoms with Crippen molar-refractivity contribution in [2.45, 2.75) is 33.2 Å². The number of aromatic nitrogens is 2. The fourth-order valence-electron chi connectivity index (χ4n) is 3.69. The first-order chi connectivity index (χ1) is 14.1. The molecule has 29 heavy (non-hydrogen) atoms. The van der Waals surface area contributed by atoms with Gasteiger partial charge in [-0.05, 0) is 55.6 Å². The fourth-order valence-corrected chi connectivity index (χ4v) is 3.86. The first-order valence-corrected chi connectivity index (χ1v) is 10.5. The quantitative estimate of drug-likeness (QED) is 0.740. The summed E-state index contributed by atoms with van der Waals surface area (Å²) in [6.07, 6.45) is 2.47. The molecule has 0 radical (unpaired) electrons. The van der Waals surface area contributed by atoms with E-state index in [4.69, 9.17) is 21.7 Å². The van der Waals surface area contributed by atoms with Crippen LogP contribution in [-0.2, 0) is 6.54 Å². The number of aryl methyl sites for hydroxylation is 1. The number of rotatable bonds is 4. The summed E-state index contributed by atoms with van der Waals surface area (Å²) in [5, 5.41) is 6.82. The lowest BCUT2D eigenvalue weighted by Gasteiger charge is -2.32. The number of piperidine rings is 1. The van der Waals surface area contributed by atoms with Gasteiger partial charge in [0.1, 0.15) is 19.0 Å². The first kappa shape index (κ1) is 19.7. The molecule has 0 spiro atoms. The van der Waals surface area contributed by atoms with Gasteiger partial charge in [-0.2, -0.15) is 4.98 Å². The second-order valence-electron chi connectivity index (χ2n) is 7.67. The van der Waals surface area contributed by atoms with Crippen molar-refractivity contribution in [2.24, 2.45) is 5.92 Å². The molecule has 0 unspecified atom stereocenters. The third-order valence-electron chi connectivity index (χ3n) is 5.11. The molecule has 2 aromatic rings. The summed E-state index contributed by atoms with van der Waals surface area (Å²) in [6.45, 7) is 8.08. The molecule has 0 amide bonds. The van der Waals surface area contributed by atoms with Crippen LogP contribution in [0.5, 0.6) is 11.5 Å². The van der Waals surface area contributed by atoms with Gasteiger partial charge in [0.25, 0.3) is 0 Å². The molecule has 1 aromatic heterocycles. The predicted octanol–water partition coefficient (Wildman–Crippen LogP) is 3.28. The second kappa shape index (κ2) is 8.82. The van der Waals surface area contributed by atoms with E-state index in [1.807, 2.05) is 31.2 Å². The molecule has 2 aliphatic rings. The van der Waals surface area contributed by atoms with Gasteiger partial charge >= 0.3 is 0 Å². The Labute approximate surface area is 176 Å². The van der Waals surface area contributed by atoms with Gasteiger partial charge in [-0.3, -0.25) is 0 Å². The SMILES string of the molecule is Cc1cc(N2CCC[C@@H](C)C2)nc(NC(=S)NCc2ccc3c(c2)OCCO3)n1. The highest BCUT2D eigenvalue weighted by atomic mass is 32.1. The highest BCUT2D eigenvalue weighted by Gasteiger charge is 2.19. The average molecular weight is 414 g/mol. The minimum Gasteiger partial charge on any atom is -0.486 e. The molecule has 2 aliphatic heterocycles. The van der Waals surface area contributed by atoms with Crippen LogP contribution in [0.15, 0.2) is 24.3 Å². The van der Waals surface area contributed by atoms with Crippen LogP contribution < -0.4 is 25.0 Å². The Bertz CT molecular complexity index is 891. The van der Waals surface area contributed by atoms with Gasteiger partial charge < -0.3 is 25.0 Å². The van der Waals surface area contributed by atoms with Crippen LogP contribution in [0.2, 0.25) is 0 Å². The van der Waals surface area contributed by atoms with E-state index in [-0.39, 0.29) is 0 Å². The number of anilines is 2. The third kappa shape index (κ3) is 5.06. The molecule has 2 N–H and O–H groups in total. The second-order valence-corrected chi connectivity index (χ2v) is 8.08. The van der Waals surface area contributed by atoms with Crippen LogP contribution in [0.4, 0.5) is 11.8 Å². The summed E-state index contributed by atoms with van der Waals surface area (Å²) in [6, 6.07) is 7.94. The van der Waals surface area contributed by atoms with Gasteiger partial charge in [-0.1, -0.05) is 13.0 Å². The molecule has 1 fully saturated rings. The van der Waals surface area contributed by atoms with E-state index in [2.05, 4.69) is 32.4 Å². The van der Waals surface area contributed by atoms with Crippen molar-refractivity contribution in [2.75, 3.05) is 36.5 Å². The van der Waals surface area contributed by atoms with E-state index in [9.17, 15) is 0 Å². The summed E-state index contributed by atoms with van der Waals surface area (Å²) in [5.74, 6) is 3.73. The lowest BCUT2D eigenvalue weighted by atomic mass is 10.0. The molecular formula is C21H27N5O2S. The summed E-state index contributed by atoms with van der Waals surface area (Å²) >= 11 is 5.45. The van der Waals surface area contributed by atoms with Crippen molar-refractivity contribution in [3.63, 3.8) is 0 Å². The number of benzene rings is 1. The molecule has 1 atom stereocenters. The molecule has 154 valence electrons. The summed E-state index contributed by atoms with van der Waals surface area (Å²) in [7, 11) is 0. The normalized spacial score (nSPS) is 18.3. The molecule has 0 aliphatic carbocycles. The largest absolute Gasteiger partial charge is 0.486 e. The number of nitrogens with zero attached hydrogens (tertiary/aromatic N) is 3. The molecular weight excluding hydrogens is 386 g/mol. The Morgan fingerprint density at radius 2 is 2.03 bits per heavy atom. The molecule has 4 rings (SSSR count). The highest BCUT2D eigenvalue weighted by molar-refractivity contribution is 7.80. The zero-order valence-electron chi connectivity index (χ0n) is 16.9. The van der Waals surface area contributed by atoms with Crippen LogP contribution in [0.3, 0.4) is 0 Å². The van der Waals surface area contributed by atoms with Gasteiger partial charge in [0.05, 0.1) is 0 Å². The molecule has 8 heteroatoms. The summed E-state index contributed by atoms with van der Waals surface area (Å²) in [4.78, 5) is 11.5. The fraction of sp³-hybridized carbons (Fsp3) is 0.476. The maximum atomic E-state index is 5.63. The van der Waals surface area contributed by atoms with Crippen molar-refractivity contribution in [1.29, 1.82) is 0 Å². The first-order valence-electron chi connectivity index (χ1n) is 10.1. The highest BCUT2D eigenvalue weighted by Crippen LogP contribution is 2.30. The molecule has 0 saturated carbocycles. The van der Waals surface area contributed by atoms with Gasteiger partial charge in [0, 0.05) is 31.4 Å². The zero-order valence-corrected chi connectivity index (χ0v) is 17.7. The Morgan fingerprint density at radius 1 is 1.21 bits per heavy atom. The Hall–Kier alpha value is -2.61. The summed E-state index contributed by atoms with van der Waals surface area (Å²) < 4.78 is 11.2. The summed E-state index contributed by atoms with van der Waals surface area (Å²) in [5.41, 5.74) is 1.98. The predicted molar refractivity (Wildman–Crippen MR) is 118 cm³/mol. The van der Waals surface area contributed by atoms with E-state index >= 15 is 0 Å². The Morgan fingerprint density at radius 3 is 2.86 bits per heavy atom. The lowest BCUT2D eigenvalue weighted by molar-refractivity contribution is 0.171. The number of ether oxygens (including phenoxy) is 2. The average Bonchev–Trinajstić information content (AvgIpc) is 2.72. The van der Waals surface area contributed by atoms with Crippen LogP contribution in [0.25, 0.3) is 0 Å². The van der Waals surface area contributed by atoms with Crippen LogP contribution in [0.1, 0.15) is 31.0 Å². The monoisotopic (exact) mass is 413 g/mol. The molecule has 3 heterocycles. The van der Waals surface area contributed by atoms with Gasteiger partial charge in [0.15, 0.2) is 16.6 Å². The van der Waals surface area contributed by atoms with Crippen LogP contribution >= 0.6 is 12.2 Å². The van der Waals surface area contributed by atoms with Crippen molar-refractivity contribution < 1.29 is 9.47 Å². The van der Waals surface area contributed by atoms with E-state index in [1.165, 1.54) is 12.8 Å². The lowest BCUT2D eigenvalue weighted by Crippen LogP contribution is -2.35. The smallest absolute Gasteiger partial charge is 0.231 e. The Balaban J connectivity index is 1.37. The van der Waals surface area contributed by atoms with E-state index in [0.29, 0.717) is 36.7 Å². The van der Waals surface area contributed by atoms with Crippen LogP contribution in [0, 0.1) is 12.8 Å². The van der Waals surface area contributed by atoms with Crippen LogP contribution in [-0.4, -0.2) is 41.4 Å². The Kier molecular flexibility index (Phi) is 5.99. The maximum Gasteiger partial charge on any atom is 0.231 e. The van der Waals surface area contributed by atoms with Crippen molar-refractivity contribution in [1.82, 2.24) is 15.3 Å². The van der Waals surface area contributed by atoms with Crippen molar-refractivity contribution >= 4 is 29.1 Å². The van der Waals surface area contributed by atoms with E-state index < -0.39 is 0 Å². The number of hydrogen-bond acceptors (Lipinski definition) is 6. The van der Waals surface area contributed by atoms with Gasteiger partial charge in [0.2, 0.25) is 5.95 Å². The maximum absolute atomic E-state index is 5.63. The van der Waals surface area contributed by atoms with Gasteiger partial charge in [-0.25, -0.2) is 4.98 Å². The zero-order chi connectivity index (χ0) is 20.2. The standard InChI is InChI=1S/C21H27N5O2S/c1-14-4-3-7-26(13-14)19-10-15(2)23-20(24-19)25-21(29)22-12-16-5-6-17-18(11-16)28-9-8-27-17/h5-6,10-11,14H,3-4,7-9,12-13H2,1-2H3,(H2,22,23,24,25,29)/t14-/m1/s1. The number of hydrogen-bond donors (Lipinski definition) is 2. The van der Waals surface area contributed by atoms with E-state index in [1.54, 1.807) is 0 Å². The molecule has 1 saturated heterocycles. The van der Waals surface area contributed by atoms with Crippen molar-refractivity contribution in [3.8, 4) is 11.5 Å². The minimum absolute atomic E-state index is 0.489. The molecule has 0 bridgehead atoms. The molecule has 1 aromatic carbocycles.